The summed E-state index contributed by atoms with van der Waals surface area (Å²) in [7, 11) is 0. The molecule has 0 saturated heterocycles. The van der Waals surface area contributed by atoms with Crippen LogP contribution in [-0.2, 0) is 19.8 Å². The molecule has 164 valence electrons. The van der Waals surface area contributed by atoms with Crippen LogP contribution >= 0.6 is 11.6 Å². The van der Waals surface area contributed by atoms with Gasteiger partial charge >= 0.3 is 0 Å². The van der Waals surface area contributed by atoms with Gasteiger partial charge in [-0.25, -0.2) is 10.8 Å². The number of hydrogen-bond acceptors (Lipinski definition) is 6. The first-order chi connectivity index (χ1) is 15.6. The molecule has 0 aliphatic heterocycles. The van der Waals surface area contributed by atoms with E-state index in [1.165, 1.54) is 0 Å². The first-order valence-electron chi connectivity index (χ1n) is 9.93. The molecule has 6 N–H and O–H groups in total. The van der Waals surface area contributed by atoms with E-state index in [-0.39, 0.29) is 6.61 Å². The van der Waals surface area contributed by atoms with E-state index in [1.54, 1.807) is 6.07 Å². The number of nitrogens with one attached hydrogen (secondary N) is 1. The first-order valence-corrected chi connectivity index (χ1v) is 10.3. The van der Waals surface area contributed by atoms with Crippen molar-refractivity contribution in [1.29, 1.82) is 0 Å². The number of benzene rings is 3. The van der Waals surface area contributed by atoms with Crippen LogP contribution in [0.4, 0.5) is 0 Å². The Hall–Kier alpha value is -3.59. The maximum absolute atomic E-state index is 9.87. The molecule has 0 saturated carbocycles. The molecule has 0 atom stereocenters. The van der Waals surface area contributed by atoms with Crippen molar-refractivity contribution in [3.8, 4) is 5.75 Å². The molecule has 0 amide bonds. The maximum Gasteiger partial charge on any atom is 0.166 e. The number of aliphatic hydroxyl groups excluding tert-OH is 1. The lowest BCUT2D eigenvalue weighted by Gasteiger charge is -2.11. The molecule has 32 heavy (non-hydrogen) atoms. The minimum absolute atomic E-state index is 0.203. The topological polar surface area (TPSA) is 124 Å². The van der Waals surface area contributed by atoms with E-state index in [1.807, 2.05) is 65.2 Å². The molecule has 0 aliphatic carbocycles. The Labute approximate surface area is 190 Å². The number of hydrazone groups is 1. The fraction of sp³-hybridized carbons (Fsp3) is 0.130. The lowest BCUT2D eigenvalue weighted by Crippen LogP contribution is -2.32. The van der Waals surface area contributed by atoms with Crippen LogP contribution in [0.2, 0.25) is 5.02 Å². The average Bonchev–Trinajstić information content (AvgIpc) is 3.16. The summed E-state index contributed by atoms with van der Waals surface area (Å²) in [6.07, 6.45) is 0. The summed E-state index contributed by atoms with van der Waals surface area (Å²) in [6, 6.07) is 21.1. The van der Waals surface area contributed by atoms with E-state index >= 15 is 0 Å². The van der Waals surface area contributed by atoms with Crippen LogP contribution in [0.3, 0.4) is 0 Å². The maximum atomic E-state index is 9.87. The van der Waals surface area contributed by atoms with Crippen LogP contribution in [0.5, 0.6) is 5.75 Å². The Morgan fingerprint density at radius 3 is 2.50 bits per heavy atom. The van der Waals surface area contributed by atoms with E-state index in [9.17, 15) is 5.11 Å². The number of ether oxygens (including phenoxy) is 1. The molecule has 9 heteroatoms. The van der Waals surface area contributed by atoms with Crippen LogP contribution in [0, 0.1) is 0 Å². The van der Waals surface area contributed by atoms with E-state index in [2.05, 4.69) is 15.5 Å². The fourth-order valence-electron chi connectivity index (χ4n) is 3.47. The summed E-state index contributed by atoms with van der Waals surface area (Å²) >= 11 is 6.51. The molecule has 0 fully saturated rings. The van der Waals surface area contributed by atoms with Crippen LogP contribution in [0.25, 0.3) is 11.0 Å². The number of amidine groups is 1. The molecule has 0 unspecified atom stereocenters. The summed E-state index contributed by atoms with van der Waals surface area (Å²) < 4.78 is 7.83. The third-order valence-electron chi connectivity index (χ3n) is 5.09. The summed E-state index contributed by atoms with van der Waals surface area (Å²) in [5.74, 6) is 12.2. The molecule has 1 aromatic heterocycles. The number of imidazole rings is 1. The number of nitrogens with zero attached hydrogens (tertiary/aromatic N) is 3. The number of nitrogens with two attached hydrogens (primary N) is 2. The van der Waals surface area contributed by atoms with Crippen LogP contribution in [0.1, 0.15) is 22.5 Å². The molecule has 4 aromatic rings. The van der Waals surface area contributed by atoms with Crippen molar-refractivity contribution >= 4 is 28.5 Å². The third-order valence-corrected chi connectivity index (χ3v) is 5.39. The molecule has 0 aliphatic rings. The lowest BCUT2D eigenvalue weighted by molar-refractivity contribution is 0.267. The zero-order valence-corrected chi connectivity index (χ0v) is 18.0. The highest BCUT2D eigenvalue weighted by molar-refractivity contribution is 6.32. The van der Waals surface area contributed by atoms with Gasteiger partial charge in [0.1, 0.15) is 24.8 Å². The van der Waals surface area contributed by atoms with Gasteiger partial charge in [-0.2, -0.15) is 5.10 Å². The first kappa shape index (κ1) is 21.6. The van der Waals surface area contributed by atoms with Crippen molar-refractivity contribution in [3.05, 3.63) is 94.3 Å². The largest absolute Gasteiger partial charge is 0.487 e. The van der Waals surface area contributed by atoms with Gasteiger partial charge in [0.25, 0.3) is 0 Å². The zero-order valence-electron chi connectivity index (χ0n) is 17.2. The number of hydrogen-bond donors (Lipinski definition) is 4. The molecule has 0 bridgehead atoms. The van der Waals surface area contributed by atoms with Crippen molar-refractivity contribution in [3.63, 3.8) is 0 Å². The predicted molar refractivity (Wildman–Crippen MR) is 125 cm³/mol. The predicted octanol–water partition coefficient (Wildman–Crippen LogP) is 2.89. The van der Waals surface area contributed by atoms with Gasteiger partial charge in [-0.05, 0) is 17.2 Å². The van der Waals surface area contributed by atoms with E-state index in [0.29, 0.717) is 41.1 Å². The Bertz CT molecular complexity index is 1240. The molecule has 0 spiro atoms. The Balaban J connectivity index is 1.61. The second-order valence-corrected chi connectivity index (χ2v) is 7.54. The Morgan fingerprint density at radius 2 is 1.84 bits per heavy atom. The molecule has 8 nitrogen and oxygen atoms in total. The van der Waals surface area contributed by atoms with Gasteiger partial charge in [0.2, 0.25) is 0 Å². The van der Waals surface area contributed by atoms with Crippen molar-refractivity contribution in [2.75, 3.05) is 0 Å². The average molecular weight is 451 g/mol. The molecular weight excluding hydrogens is 428 g/mol. The minimum Gasteiger partial charge on any atom is -0.487 e. The molecule has 0 radical (unpaired) electrons. The monoisotopic (exact) mass is 450 g/mol. The molecule has 3 aromatic carbocycles. The molecule has 1 heterocycles. The quantitative estimate of drug-likeness (QED) is 0.148. The minimum atomic E-state index is -0.203. The highest BCUT2D eigenvalue weighted by Crippen LogP contribution is 2.31. The Morgan fingerprint density at radius 1 is 1.09 bits per heavy atom. The standard InChI is InChI=1S/C23H23ClN6O2/c24-18-10-20-19(11-21(18)32-14-16-4-2-1-3-5-16)27-22(13-31)30(20)12-15-6-8-17(9-7-15)23(28-25)29-26/h1-11,31H,12-14,25-26H2,(H,28,29). The second kappa shape index (κ2) is 9.69. The lowest BCUT2D eigenvalue weighted by atomic mass is 10.1. The second-order valence-electron chi connectivity index (χ2n) is 7.14. The summed E-state index contributed by atoms with van der Waals surface area (Å²) in [5.41, 5.74) is 6.77. The van der Waals surface area contributed by atoms with Gasteiger partial charge in [0, 0.05) is 18.2 Å². The molecule has 4 rings (SSSR count). The van der Waals surface area contributed by atoms with Crippen molar-refractivity contribution in [1.82, 2.24) is 15.0 Å². The van der Waals surface area contributed by atoms with Crippen LogP contribution in [0.15, 0.2) is 71.8 Å². The smallest absolute Gasteiger partial charge is 0.166 e. The van der Waals surface area contributed by atoms with E-state index in [4.69, 9.17) is 28.0 Å². The number of halogens is 1. The Kier molecular flexibility index (Phi) is 6.55. The number of fused-ring (bicyclic) bond motifs is 1. The fourth-order valence-corrected chi connectivity index (χ4v) is 3.68. The van der Waals surface area contributed by atoms with Gasteiger partial charge in [0.15, 0.2) is 5.84 Å². The van der Waals surface area contributed by atoms with Gasteiger partial charge in [-0.1, -0.05) is 66.2 Å². The van der Waals surface area contributed by atoms with Gasteiger partial charge in [-0.3, -0.25) is 0 Å². The SMILES string of the molecule is N/N=C(\NN)c1ccc(Cn2c(CO)nc3cc(OCc4ccccc4)c(Cl)cc32)cc1. The number of rotatable bonds is 7. The highest BCUT2D eigenvalue weighted by atomic mass is 35.5. The van der Waals surface area contributed by atoms with E-state index in [0.717, 1.165) is 22.2 Å². The van der Waals surface area contributed by atoms with Gasteiger partial charge in [0.05, 0.1) is 16.1 Å². The molecular formula is C23H23ClN6O2. The van der Waals surface area contributed by atoms with Crippen molar-refractivity contribution in [2.24, 2.45) is 16.8 Å². The number of hydrazine groups is 1. The third kappa shape index (κ3) is 4.52. The van der Waals surface area contributed by atoms with Crippen LogP contribution in [-0.4, -0.2) is 20.5 Å². The normalized spacial score (nSPS) is 11.7. The summed E-state index contributed by atoms with van der Waals surface area (Å²) in [6.45, 7) is 0.696. The van der Waals surface area contributed by atoms with Crippen molar-refractivity contribution in [2.45, 2.75) is 19.8 Å². The van der Waals surface area contributed by atoms with Crippen molar-refractivity contribution < 1.29 is 9.84 Å². The van der Waals surface area contributed by atoms with E-state index < -0.39 is 0 Å². The number of aliphatic hydroxyl groups is 1. The van der Waals surface area contributed by atoms with Crippen LogP contribution < -0.4 is 21.8 Å². The number of aromatic nitrogens is 2. The summed E-state index contributed by atoms with van der Waals surface area (Å²) in [5, 5.41) is 14.0. The van der Waals surface area contributed by atoms with Gasteiger partial charge in [-0.15, -0.1) is 0 Å². The highest BCUT2D eigenvalue weighted by Gasteiger charge is 2.15. The summed E-state index contributed by atoms with van der Waals surface area (Å²) in [4.78, 5) is 4.57. The zero-order chi connectivity index (χ0) is 22.5. The van der Waals surface area contributed by atoms with Gasteiger partial charge < -0.3 is 25.7 Å².